The minimum absolute atomic E-state index is 0.678. The van der Waals surface area contributed by atoms with Crippen LogP contribution in [0, 0.1) is 0 Å². The number of rotatable bonds is 4. The topological polar surface area (TPSA) is 43.6 Å². The fourth-order valence-electron chi connectivity index (χ4n) is 1.77. The van der Waals surface area contributed by atoms with Crippen LogP contribution in [-0.4, -0.2) is 20.2 Å². The Labute approximate surface area is 136 Å². The summed E-state index contributed by atoms with van der Waals surface area (Å²) in [4.78, 5) is 0. The number of halogens is 2. The van der Waals surface area contributed by atoms with Crippen LogP contribution in [0.25, 0.3) is 5.69 Å². The number of thioether (sulfide) groups is 1. The van der Waals surface area contributed by atoms with Crippen molar-refractivity contribution < 1.29 is 0 Å². The van der Waals surface area contributed by atoms with Crippen LogP contribution in [0.2, 0.25) is 10.0 Å². The van der Waals surface area contributed by atoms with Crippen LogP contribution in [0.15, 0.2) is 53.7 Å². The Kier molecular flexibility index (Phi) is 4.43. The summed E-state index contributed by atoms with van der Waals surface area (Å²) < 4.78 is 1.68. The van der Waals surface area contributed by atoms with Gasteiger partial charge in [0.15, 0.2) is 0 Å². The van der Waals surface area contributed by atoms with Crippen molar-refractivity contribution in [2.24, 2.45) is 0 Å². The summed E-state index contributed by atoms with van der Waals surface area (Å²) in [7, 11) is 0. The Balaban J connectivity index is 1.80. The summed E-state index contributed by atoms with van der Waals surface area (Å²) in [6.45, 7) is 0. The fourth-order valence-corrected chi connectivity index (χ4v) is 3.07. The maximum atomic E-state index is 6.15. The van der Waals surface area contributed by atoms with Crippen LogP contribution in [0.5, 0.6) is 0 Å². The first-order chi connectivity index (χ1) is 10.2. The zero-order chi connectivity index (χ0) is 14.7. The average Bonchev–Trinajstić information content (AvgIpc) is 2.96. The van der Waals surface area contributed by atoms with Crippen molar-refractivity contribution in [3.63, 3.8) is 0 Å². The third-order valence-electron chi connectivity index (χ3n) is 2.83. The maximum absolute atomic E-state index is 6.15. The highest BCUT2D eigenvalue weighted by Gasteiger charge is 2.10. The summed E-state index contributed by atoms with van der Waals surface area (Å²) in [6.07, 6.45) is 0. The van der Waals surface area contributed by atoms with Gasteiger partial charge in [0.05, 0.1) is 5.69 Å². The summed E-state index contributed by atoms with van der Waals surface area (Å²) >= 11 is 13.6. The second-order valence-electron chi connectivity index (χ2n) is 4.23. The summed E-state index contributed by atoms with van der Waals surface area (Å²) in [5, 5.41) is 13.9. The number of aromatic nitrogens is 4. The molecule has 106 valence electrons. The van der Waals surface area contributed by atoms with Crippen molar-refractivity contribution in [2.75, 3.05) is 0 Å². The van der Waals surface area contributed by atoms with Gasteiger partial charge >= 0.3 is 0 Å². The van der Waals surface area contributed by atoms with Crippen LogP contribution in [0.4, 0.5) is 0 Å². The molecule has 0 aliphatic heterocycles. The van der Waals surface area contributed by atoms with Crippen LogP contribution in [-0.2, 0) is 5.75 Å². The highest BCUT2D eigenvalue weighted by molar-refractivity contribution is 7.98. The van der Waals surface area contributed by atoms with Crippen molar-refractivity contribution in [1.29, 1.82) is 0 Å². The Morgan fingerprint density at radius 2 is 1.76 bits per heavy atom. The van der Waals surface area contributed by atoms with Gasteiger partial charge in [-0.05, 0) is 46.3 Å². The molecule has 0 fully saturated rings. The van der Waals surface area contributed by atoms with E-state index in [1.165, 1.54) is 11.8 Å². The van der Waals surface area contributed by atoms with Gasteiger partial charge in [-0.15, -0.1) is 5.10 Å². The second kappa shape index (κ2) is 6.47. The van der Waals surface area contributed by atoms with E-state index in [0.29, 0.717) is 15.9 Å². The minimum Gasteiger partial charge on any atom is -0.187 e. The molecule has 3 rings (SSSR count). The fraction of sp³-hybridized carbons (Fsp3) is 0.0714. The average molecular weight is 337 g/mol. The van der Waals surface area contributed by atoms with Crippen LogP contribution in [0.1, 0.15) is 5.56 Å². The van der Waals surface area contributed by atoms with Gasteiger partial charge in [-0.3, -0.25) is 0 Å². The first kappa shape index (κ1) is 14.4. The molecule has 7 heteroatoms. The lowest BCUT2D eigenvalue weighted by atomic mass is 10.2. The molecule has 0 amide bonds. The number of tetrazole rings is 1. The summed E-state index contributed by atoms with van der Waals surface area (Å²) in [6, 6.07) is 15.1. The van der Waals surface area contributed by atoms with Gasteiger partial charge in [0, 0.05) is 15.8 Å². The van der Waals surface area contributed by atoms with Crippen LogP contribution in [0.3, 0.4) is 0 Å². The molecule has 0 saturated heterocycles. The molecule has 0 aliphatic rings. The molecule has 0 atom stereocenters. The first-order valence-electron chi connectivity index (χ1n) is 6.14. The number of nitrogens with zero attached hydrogens (tertiary/aromatic N) is 4. The van der Waals surface area contributed by atoms with Crippen LogP contribution >= 0.6 is 35.0 Å². The van der Waals surface area contributed by atoms with Crippen LogP contribution < -0.4 is 0 Å². The molecule has 21 heavy (non-hydrogen) atoms. The third kappa shape index (κ3) is 3.37. The molecular formula is C14H10Cl2N4S. The van der Waals surface area contributed by atoms with Gasteiger partial charge in [0.2, 0.25) is 5.16 Å². The van der Waals surface area contributed by atoms with E-state index in [0.717, 1.165) is 16.3 Å². The highest BCUT2D eigenvalue weighted by Crippen LogP contribution is 2.26. The number of benzene rings is 2. The van der Waals surface area contributed by atoms with Crippen molar-refractivity contribution in [3.8, 4) is 5.69 Å². The van der Waals surface area contributed by atoms with Gasteiger partial charge in [0.1, 0.15) is 0 Å². The van der Waals surface area contributed by atoms with Crippen molar-refractivity contribution in [3.05, 3.63) is 64.1 Å². The zero-order valence-electron chi connectivity index (χ0n) is 10.8. The Morgan fingerprint density at radius 1 is 1.00 bits per heavy atom. The molecule has 1 aromatic heterocycles. The van der Waals surface area contributed by atoms with Gasteiger partial charge in [-0.2, -0.15) is 4.68 Å². The molecular weight excluding hydrogens is 327 g/mol. The SMILES string of the molecule is Clc1ccc(-n2nnnc2SCc2ccccc2Cl)cc1. The lowest BCUT2D eigenvalue weighted by Gasteiger charge is -2.05. The van der Waals surface area contributed by atoms with E-state index < -0.39 is 0 Å². The Morgan fingerprint density at radius 3 is 2.52 bits per heavy atom. The summed E-state index contributed by atoms with van der Waals surface area (Å²) in [5.74, 6) is 0.702. The third-order valence-corrected chi connectivity index (χ3v) is 4.42. The van der Waals surface area contributed by atoms with E-state index in [4.69, 9.17) is 23.2 Å². The normalized spacial score (nSPS) is 10.8. The van der Waals surface area contributed by atoms with E-state index in [1.807, 2.05) is 36.4 Å². The smallest absolute Gasteiger partial charge is 0.187 e. The van der Waals surface area contributed by atoms with E-state index >= 15 is 0 Å². The van der Waals surface area contributed by atoms with Crippen molar-refractivity contribution >= 4 is 35.0 Å². The van der Waals surface area contributed by atoms with E-state index in [2.05, 4.69) is 15.5 Å². The Hall–Kier alpha value is -1.56. The van der Waals surface area contributed by atoms with E-state index in [-0.39, 0.29) is 0 Å². The molecule has 0 saturated carbocycles. The molecule has 0 N–H and O–H groups in total. The van der Waals surface area contributed by atoms with Crippen molar-refractivity contribution in [1.82, 2.24) is 20.2 Å². The predicted octanol–water partition coefficient (Wildman–Crippen LogP) is 4.26. The first-order valence-corrected chi connectivity index (χ1v) is 7.89. The molecule has 3 aromatic rings. The number of hydrogen-bond acceptors (Lipinski definition) is 4. The lowest BCUT2D eigenvalue weighted by molar-refractivity contribution is 0.756. The Bertz CT molecular complexity index is 743. The van der Waals surface area contributed by atoms with Crippen molar-refractivity contribution in [2.45, 2.75) is 10.9 Å². The standard InChI is InChI=1S/C14H10Cl2N4S/c15-11-5-7-12(8-6-11)20-14(17-18-19-20)21-9-10-3-1-2-4-13(10)16/h1-8H,9H2. The quantitative estimate of drug-likeness (QED) is 0.667. The zero-order valence-corrected chi connectivity index (χ0v) is 13.1. The van der Waals surface area contributed by atoms with E-state index in [1.54, 1.807) is 16.8 Å². The molecule has 0 aliphatic carbocycles. The second-order valence-corrected chi connectivity index (χ2v) is 6.02. The number of hydrogen-bond donors (Lipinski definition) is 0. The van der Waals surface area contributed by atoms with Gasteiger partial charge in [0.25, 0.3) is 0 Å². The lowest BCUT2D eigenvalue weighted by Crippen LogP contribution is -1.98. The maximum Gasteiger partial charge on any atom is 0.214 e. The molecule has 0 bridgehead atoms. The van der Waals surface area contributed by atoms with Gasteiger partial charge < -0.3 is 0 Å². The summed E-state index contributed by atoms with van der Waals surface area (Å²) in [5.41, 5.74) is 1.92. The largest absolute Gasteiger partial charge is 0.214 e. The molecule has 0 radical (unpaired) electrons. The predicted molar refractivity (Wildman–Crippen MR) is 85.2 cm³/mol. The molecule has 0 unspecified atom stereocenters. The minimum atomic E-state index is 0.678. The van der Waals surface area contributed by atoms with Gasteiger partial charge in [-0.25, -0.2) is 0 Å². The van der Waals surface area contributed by atoms with E-state index in [9.17, 15) is 0 Å². The monoisotopic (exact) mass is 336 g/mol. The molecule has 0 spiro atoms. The van der Waals surface area contributed by atoms with Gasteiger partial charge in [-0.1, -0.05) is 53.2 Å². The molecule has 1 heterocycles. The highest BCUT2D eigenvalue weighted by atomic mass is 35.5. The molecule has 2 aromatic carbocycles. The molecule has 4 nitrogen and oxygen atoms in total.